The van der Waals surface area contributed by atoms with E-state index < -0.39 is 5.97 Å². The molecular weight excluding hydrogens is 222 g/mol. The zero-order chi connectivity index (χ0) is 12.4. The highest BCUT2D eigenvalue weighted by molar-refractivity contribution is 5.76. The van der Waals surface area contributed by atoms with Crippen molar-refractivity contribution < 1.29 is 19.4 Å². The summed E-state index contributed by atoms with van der Waals surface area (Å²) in [7, 11) is 2.13. The molecule has 2 fully saturated rings. The number of carboxylic acids is 1. The van der Waals surface area contributed by atoms with Crippen LogP contribution in [0, 0.1) is 0 Å². The number of piperidine rings is 1. The summed E-state index contributed by atoms with van der Waals surface area (Å²) in [5, 5.41) is 8.48. The number of nitrogens with zero attached hydrogens (tertiary/aromatic N) is 1. The van der Waals surface area contributed by atoms with E-state index in [0.29, 0.717) is 12.1 Å². The van der Waals surface area contributed by atoms with Crippen LogP contribution in [0.1, 0.15) is 38.5 Å². The number of aliphatic carboxylic acids is 1. The number of carbonyl (C=O) groups is 2. The Morgan fingerprint density at radius 2 is 1.82 bits per heavy atom. The molecule has 3 atom stereocenters. The van der Waals surface area contributed by atoms with Crippen LogP contribution in [0.25, 0.3) is 0 Å². The van der Waals surface area contributed by atoms with Crippen molar-refractivity contribution in [1.82, 2.24) is 4.90 Å². The monoisotopic (exact) mass is 241 g/mol. The molecule has 0 spiro atoms. The molecule has 96 valence electrons. The van der Waals surface area contributed by atoms with Gasteiger partial charge in [-0.25, -0.2) is 0 Å². The first-order valence-corrected chi connectivity index (χ1v) is 6.19. The van der Waals surface area contributed by atoms with Gasteiger partial charge in [-0.1, -0.05) is 0 Å². The number of hydrogen-bond acceptors (Lipinski definition) is 4. The van der Waals surface area contributed by atoms with Gasteiger partial charge in [-0.15, -0.1) is 0 Å². The Hall–Kier alpha value is -1.10. The molecule has 0 radical (unpaired) electrons. The van der Waals surface area contributed by atoms with Crippen LogP contribution in [0.3, 0.4) is 0 Å². The second kappa shape index (κ2) is 5.04. The number of carboxylic acid groups (broad SMARTS) is 1. The Kier molecular flexibility index (Phi) is 3.66. The number of carbonyl (C=O) groups excluding carboxylic acids is 1. The Balaban J connectivity index is 1.77. The molecular formula is C12H19NO4. The normalized spacial score (nSPS) is 32.4. The van der Waals surface area contributed by atoms with Crippen molar-refractivity contribution in [1.29, 1.82) is 0 Å². The van der Waals surface area contributed by atoms with Gasteiger partial charge in [0.25, 0.3) is 0 Å². The molecule has 2 aliphatic heterocycles. The van der Waals surface area contributed by atoms with Crippen molar-refractivity contribution in [3.63, 3.8) is 0 Å². The molecule has 0 aromatic carbocycles. The largest absolute Gasteiger partial charge is 0.481 e. The topological polar surface area (TPSA) is 66.8 Å². The van der Waals surface area contributed by atoms with Crippen LogP contribution in [0.5, 0.6) is 0 Å². The quantitative estimate of drug-likeness (QED) is 0.744. The van der Waals surface area contributed by atoms with Crippen molar-refractivity contribution in [3.8, 4) is 0 Å². The molecule has 1 unspecified atom stereocenters. The van der Waals surface area contributed by atoms with E-state index in [-0.39, 0.29) is 24.9 Å². The first-order chi connectivity index (χ1) is 8.06. The number of ether oxygens (including phenoxy) is 1. The van der Waals surface area contributed by atoms with Crippen LogP contribution in [0.15, 0.2) is 0 Å². The Morgan fingerprint density at radius 1 is 1.24 bits per heavy atom. The molecule has 2 bridgehead atoms. The number of esters is 1. The minimum Gasteiger partial charge on any atom is -0.481 e. The molecule has 2 heterocycles. The van der Waals surface area contributed by atoms with E-state index in [2.05, 4.69) is 11.9 Å². The minimum absolute atomic E-state index is 0.00926. The summed E-state index contributed by atoms with van der Waals surface area (Å²) in [6.07, 6.45) is 3.99. The van der Waals surface area contributed by atoms with Gasteiger partial charge in [-0.05, 0) is 32.7 Å². The van der Waals surface area contributed by atoms with Crippen LogP contribution in [0.2, 0.25) is 0 Å². The minimum atomic E-state index is -0.953. The third-order valence-corrected chi connectivity index (χ3v) is 3.90. The average molecular weight is 241 g/mol. The third-order valence-electron chi connectivity index (χ3n) is 3.90. The van der Waals surface area contributed by atoms with Crippen molar-refractivity contribution in [3.05, 3.63) is 0 Å². The highest BCUT2D eigenvalue weighted by atomic mass is 16.5. The van der Waals surface area contributed by atoms with E-state index in [1.165, 1.54) is 12.8 Å². The predicted molar refractivity (Wildman–Crippen MR) is 60.6 cm³/mol. The second-order valence-corrected chi connectivity index (χ2v) is 5.03. The molecule has 0 aromatic heterocycles. The van der Waals surface area contributed by atoms with Crippen LogP contribution < -0.4 is 0 Å². The van der Waals surface area contributed by atoms with Gasteiger partial charge in [-0.3, -0.25) is 9.59 Å². The predicted octanol–water partition coefficient (Wildman–Crippen LogP) is 1.02. The van der Waals surface area contributed by atoms with E-state index in [4.69, 9.17) is 9.84 Å². The highest BCUT2D eigenvalue weighted by Crippen LogP contribution is 2.35. The fourth-order valence-electron chi connectivity index (χ4n) is 2.91. The maximum atomic E-state index is 11.4. The molecule has 0 aromatic rings. The zero-order valence-electron chi connectivity index (χ0n) is 10.1. The molecule has 1 N–H and O–H groups in total. The summed E-state index contributed by atoms with van der Waals surface area (Å²) in [5.74, 6) is -1.33. The lowest BCUT2D eigenvalue weighted by Gasteiger charge is -2.35. The molecule has 17 heavy (non-hydrogen) atoms. The molecule has 5 nitrogen and oxygen atoms in total. The Labute approximate surface area is 101 Å². The lowest BCUT2D eigenvalue weighted by molar-refractivity contribution is -0.154. The first-order valence-electron chi connectivity index (χ1n) is 6.19. The summed E-state index contributed by atoms with van der Waals surface area (Å²) < 4.78 is 5.34. The van der Waals surface area contributed by atoms with Gasteiger partial charge in [0.05, 0.1) is 12.8 Å². The molecule has 0 aliphatic carbocycles. The number of rotatable bonds is 4. The standard InChI is InChI=1S/C12H19NO4/c1-13-8-2-3-9(13)7-10(6-8)17-12(16)5-4-11(14)15/h8-10H,2-7H2,1H3,(H,14,15)/t8-,9+,10?. The fourth-order valence-corrected chi connectivity index (χ4v) is 2.91. The van der Waals surface area contributed by atoms with E-state index in [0.717, 1.165) is 12.8 Å². The number of fused-ring (bicyclic) bond motifs is 2. The Bertz CT molecular complexity index is 304. The van der Waals surface area contributed by atoms with E-state index in [9.17, 15) is 9.59 Å². The van der Waals surface area contributed by atoms with Crippen LogP contribution in [-0.4, -0.2) is 47.2 Å². The highest BCUT2D eigenvalue weighted by Gasteiger charge is 2.39. The Morgan fingerprint density at radius 3 is 2.35 bits per heavy atom. The van der Waals surface area contributed by atoms with Crippen molar-refractivity contribution >= 4 is 11.9 Å². The lowest BCUT2D eigenvalue weighted by atomic mass is 10.0. The maximum Gasteiger partial charge on any atom is 0.306 e. The van der Waals surface area contributed by atoms with E-state index >= 15 is 0 Å². The second-order valence-electron chi connectivity index (χ2n) is 5.03. The number of hydrogen-bond donors (Lipinski definition) is 1. The fraction of sp³-hybridized carbons (Fsp3) is 0.833. The molecule has 2 saturated heterocycles. The molecule has 2 rings (SSSR count). The maximum absolute atomic E-state index is 11.4. The van der Waals surface area contributed by atoms with Crippen molar-refractivity contribution in [2.75, 3.05) is 7.05 Å². The van der Waals surface area contributed by atoms with Gasteiger partial charge >= 0.3 is 11.9 Å². The van der Waals surface area contributed by atoms with Gasteiger partial charge in [0.1, 0.15) is 6.10 Å². The van der Waals surface area contributed by atoms with Gasteiger partial charge in [0.2, 0.25) is 0 Å². The molecule has 0 amide bonds. The van der Waals surface area contributed by atoms with E-state index in [1.807, 2.05) is 0 Å². The summed E-state index contributed by atoms with van der Waals surface area (Å²) in [4.78, 5) is 24.1. The lowest BCUT2D eigenvalue weighted by Crippen LogP contribution is -2.43. The molecule has 2 aliphatic rings. The van der Waals surface area contributed by atoms with Crippen molar-refractivity contribution in [2.24, 2.45) is 0 Å². The SMILES string of the molecule is CN1[C@@H]2CC[C@H]1CC(OC(=O)CCC(=O)O)C2. The van der Waals surface area contributed by atoms with Gasteiger partial charge < -0.3 is 14.7 Å². The smallest absolute Gasteiger partial charge is 0.306 e. The summed E-state index contributed by atoms with van der Waals surface area (Å²) >= 11 is 0. The molecule has 5 heteroatoms. The van der Waals surface area contributed by atoms with Gasteiger partial charge in [-0.2, -0.15) is 0 Å². The summed E-state index contributed by atoms with van der Waals surface area (Å²) in [6, 6.07) is 1.07. The first kappa shape index (κ1) is 12.4. The molecule has 0 saturated carbocycles. The third kappa shape index (κ3) is 2.97. The van der Waals surface area contributed by atoms with Gasteiger partial charge in [0, 0.05) is 12.1 Å². The van der Waals surface area contributed by atoms with Crippen LogP contribution in [0.4, 0.5) is 0 Å². The van der Waals surface area contributed by atoms with E-state index in [1.54, 1.807) is 0 Å². The van der Waals surface area contributed by atoms with Crippen molar-refractivity contribution in [2.45, 2.75) is 56.7 Å². The van der Waals surface area contributed by atoms with Gasteiger partial charge in [0.15, 0.2) is 0 Å². The van der Waals surface area contributed by atoms with Crippen LogP contribution in [-0.2, 0) is 14.3 Å². The zero-order valence-corrected chi connectivity index (χ0v) is 10.1. The summed E-state index contributed by atoms with van der Waals surface area (Å²) in [5.41, 5.74) is 0. The average Bonchev–Trinajstić information content (AvgIpc) is 2.52. The van der Waals surface area contributed by atoms with Crippen LogP contribution >= 0.6 is 0 Å². The summed E-state index contributed by atoms with van der Waals surface area (Å²) in [6.45, 7) is 0.